The fourth-order valence-corrected chi connectivity index (χ4v) is 3.62. The fourth-order valence-electron chi connectivity index (χ4n) is 1.64. The summed E-state index contributed by atoms with van der Waals surface area (Å²) in [6, 6.07) is 1.25. The summed E-state index contributed by atoms with van der Waals surface area (Å²) in [4.78, 5) is 3.73. The zero-order valence-electron chi connectivity index (χ0n) is 9.38. The Bertz CT molecular complexity index is 546. The molecule has 1 aliphatic rings. The third-order valence-electron chi connectivity index (χ3n) is 2.65. The van der Waals surface area contributed by atoms with E-state index >= 15 is 0 Å². The number of pyridine rings is 1. The average Bonchev–Trinajstić information content (AvgIpc) is 3.13. The zero-order chi connectivity index (χ0) is 13.3. The Hall–Kier alpha value is -0.400. The van der Waals surface area contributed by atoms with Gasteiger partial charge in [-0.1, -0.05) is 23.2 Å². The Kier molecular flexibility index (Phi) is 4.13. The van der Waals surface area contributed by atoms with E-state index in [1.165, 1.54) is 16.6 Å². The Balaban J connectivity index is 2.36. The quantitative estimate of drug-likeness (QED) is 0.837. The molecule has 0 unspecified atom stereocenters. The summed E-state index contributed by atoms with van der Waals surface area (Å²) in [6.07, 6.45) is 2.80. The lowest BCUT2D eigenvalue weighted by Crippen LogP contribution is -2.35. The van der Waals surface area contributed by atoms with Gasteiger partial charge in [0, 0.05) is 18.8 Å². The second-order valence-electron chi connectivity index (χ2n) is 4.01. The van der Waals surface area contributed by atoms with Crippen LogP contribution in [0.15, 0.2) is 17.2 Å². The first-order valence-electron chi connectivity index (χ1n) is 5.40. The van der Waals surface area contributed by atoms with Gasteiger partial charge in [-0.15, -0.1) is 0 Å². The maximum Gasteiger partial charge on any atom is 0.244 e. The van der Waals surface area contributed by atoms with Crippen LogP contribution in [0.1, 0.15) is 12.8 Å². The molecule has 0 aromatic carbocycles. The van der Waals surface area contributed by atoms with E-state index in [4.69, 9.17) is 28.3 Å². The molecule has 0 radical (unpaired) electrons. The Morgan fingerprint density at radius 2 is 2.11 bits per heavy atom. The van der Waals surface area contributed by atoms with Crippen LogP contribution in [0, 0.1) is 0 Å². The van der Waals surface area contributed by atoms with Crippen LogP contribution in [-0.2, 0) is 10.0 Å². The number of sulfonamides is 1. The average molecular weight is 311 g/mol. The van der Waals surface area contributed by atoms with E-state index in [0.717, 1.165) is 12.8 Å². The molecule has 1 heterocycles. The number of hydrogen-bond donors (Lipinski definition) is 1. The highest BCUT2D eigenvalue weighted by molar-refractivity contribution is 7.89. The van der Waals surface area contributed by atoms with Crippen molar-refractivity contribution in [2.45, 2.75) is 23.8 Å². The van der Waals surface area contributed by atoms with E-state index in [-0.39, 0.29) is 34.3 Å². The molecule has 8 heteroatoms. The molecule has 1 N–H and O–H groups in total. The van der Waals surface area contributed by atoms with E-state index in [2.05, 4.69) is 4.98 Å². The fraction of sp³-hybridized carbons (Fsp3) is 0.500. The van der Waals surface area contributed by atoms with Gasteiger partial charge >= 0.3 is 0 Å². The number of aliphatic hydroxyl groups is 1. The van der Waals surface area contributed by atoms with E-state index in [1.54, 1.807) is 0 Å². The van der Waals surface area contributed by atoms with Crippen LogP contribution in [0.3, 0.4) is 0 Å². The van der Waals surface area contributed by atoms with E-state index in [1.807, 2.05) is 0 Å². The van der Waals surface area contributed by atoms with Gasteiger partial charge in [0.25, 0.3) is 0 Å². The van der Waals surface area contributed by atoms with Crippen molar-refractivity contribution in [3.63, 3.8) is 0 Å². The summed E-state index contributed by atoms with van der Waals surface area (Å²) in [5.41, 5.74) is 0. The maximum atomic E-state index is 12.3. The van der Waals surface area contributed by atoms with Crippen molar-refractivity contribution < 1.29 is 13.5 Å². The van der Waals surface area contributed by atoms with Crippen LogP contribution in [0.5, 0.6) is 0 Å². The summed E-state index contributed by atoms with van der Waals surface area (Å²) >= 11 is 11.4. The minimum absolute atomic E-state index is 0.00255. The highest BCUT2D eigenvalue weighted by Gasteiger charge is 2.37. The zero-order valence-corrected chi connectivity index (χ0v) is 11.7. The SMILES string of the molecule is O=S(=O)(c1cnc(Cl)c(Cl)c1)N(CCO)C1CC1. The normalized spacial score (nSPS) is 16.2. The summed E-state index contributed by atoms with van der Waals surface area (Å²) in [5.74, 6) is 0. The molecule has 0 bridgehead atoms. The first-order valence-corrected chi connectivity index (χ1v) is 7.60. The topological polar surface area (TPSA) is 70.5 Å². The van der Waals surface area contributed by atoms with E-state index in [0.29, 0.717) is 0 Å². The predicted molar refractivity (Wildman–Crippen MR) is 68.3 cm³/mol. The van der Waals surface area contributed by atoms with Crippen LogP contribution >= 0.6 is 23.2 Å². The molecule has 1 aromatic rings. The molecule has 100 valence electrons. The second kappa shape index (κ2) is 5.30. The molecule has 0 atom stereocenters. The highest BCUT2D eigenvalue weighted by Crippen LogP contribution is 2.32. The molecule has 1 aliphatic carbocycles. The van der Waals surface area contributed by atoms with Crippen molar-refractivity contribution in [2.24, 2.45) is 0 Å². The molecule has 0 saturated heterocycles. The van der Waals surface area contributed by atoms with Gasteiger partial charge in [0.05, 0.1) is 11.6 Å². The lowest BCUT2D eigenvalue weighted by molar-refractivity contribution is 0.250. The standard InChI is InChI=1S/C10H12Cl2N2O3S/c11-9-5-8(6-13-10(9)12)18(16,17)14(3-4-15)7-1-2-7/h5-7,15H,1-4H2. The third-order valence-corrected chi connectivity index (χ3v) is 5.26. The van der Waals surface area contributed by atoms with Crippen molar-refractivity contribution >= 4 is 33.2 Å². The van der Waals surface area contributed by atoms with Gasteiger partial charge in [-0.2, -0.15) is 4.31 Å². The minimum atomic E-state index is -3.67. The van der Waals surface area contributed by atoms with Crippen molar-refractivity contribution in [2.75, 3.05) is 13.2 Å². The number of rotatable bonds is 5. The minimum Gasteiger partial charge on any atom is -0.395 e. The summed E-state index contributed by atoms with van der Waals surface area (Å²) in [5, 5.41) is 9.11. The number of halogens is 2. The van der Waals surface area contributed by atoms with E-state index in [9.17, 15) is 8.42 Å². The van der Waals surface area contributed by atoms with Crippen LogP contribution in [0.4, 0.5) is 0 Å². The molecule has 18 heavy (non-hydrogen) atoms. The molecule has 1 aromatic heterocycles. The molecule has 2 rings (SSSR count). The highest BCUT2D eigenvalue weighted by atomic mass is 35.5. The van der Waals surface area contributed by atoms with Crippen molar-refractivity contribution in [1.82, 2.24) is 9.29 Å². The van der Waals surface area contributed by atoms with Crippen LogP contribution in [0.25, 0.3) is 0 Å². The smallest absolute Gasteiger partial charge is 0.244 e. The summed E-state index contributed by atoms with van der Waals surface area (Å²) in [7, 11) is -3.67. The van der Waals surface area contributed by atoms with Crippen molar-refractivity contribution in [3.8, 4) is 0 Å². The molecule has 1 fully saturated rings. The molecule has 0 spiro atoms. The third kappa shape index (κ3) is 2.78. The lowest BCUT2D eigenvalue weighted by Gasteiger charge is -2.20. The van der Waals surface area contributed by atoms with Gasteiger partial charge in [0.15, 0.2) is 0 Å². The first kappa shape index (κ1) is 14.0. The molecular formula is C10H12Cl2N2O3S. The van der Waals surface area contributed by atoms with Gasteiger partial charge < -0.3 is 5.11 Å². The van der Waals surface area contributed by atoms with Crippen LogP contribution in [-0.4, -0.2) is 42.0 Å². The number of nitrogens with zero attached hydrogens (tertiary/aromatic N) is 2. The molecular weight excluding hydrogens is 299 g/mol. The monoisotopic (exact) mass is 310 g/mol. The van der Waals surface area contributed by atoms with Crippen molar-refractivity contribution in [3.05, 3.63) is 22.4 Å². The number of aromatic nitrogens is 1. The molecule has 1 saturated carbocycles. The Morgan fingerprint density at radius 3 is 2.61 bits per heavy atom. The largest absolute Gasteiger partial charge is 0.395 e. The van der Waals surface area contributed by atoms with Crippen LogP contribution < -0.4 is 0 Å². The number of hydrogen-bond acceptors (Lipinski definition) is 4. The number of aliphatic hydroxyl groups excluding tert-OH is 1. The van der Waals surface area contributed by atoms with Gasteiger partial charge in [-0.05, 0) is 18.9 Å². The van der Waals surface area contributed by atoms with E-state index < -0.39 is 10.0 Å². The van der Waals surface area contributed by atoms with Gasteiger partial charge in [0.2, 0.25) is 10.0 Å². The molecule has 0 aliphatic heterocycles. The second-order valence-corrected chi connectivity index (χ2v) is 6.67. The molecule has 5 nitrogen and oxygen atoms in total. The summed E-state index contributed by atoms with van der Waals surface area (Å²) < 4.78 is 26.0. The summed E-state index contributed by atoms with van der Waals surface area (Å²) in [6.45, 7) is -0.141. The lowest BCUT2D eigenvalue weighted by atomic mass is 10.5. The van der Waals surface area contributed by atoms with Crippen LogP contribution in [0.2, 0.25) is 10.2 Å². The van der Waals surface area contributed by atoms with Gasteiger partial charge in [0.1, 0.15) is 10.0 Å². The van der Waals surface area contributed by atoms with Gasteiger partial charge in [-0.3, -0.25) is 0 Å². The first-order chi connectivity index (χ1) is 8.46. The Morgan fingerprint density at radius 1 is 1.44 bits per heavy atom. The molecule has 0 amide bonds. The maximum absolute atomic E-state index is 12.3. The van der Waals surface area contributed by atoms with Gasteiger partial charge in [-0.25, -0.2) is 13.4 Å². The van der Waals surface area contributed by atoms with Crippen molar-refractivity contribution in [1.29, 1.82) is 0 Å². The predicted octanol–water partition coefficient (Wildman–Crippen LogP) is 1.53. The Labute approximate surface area is 115 Å².